The molecular formula is C34H29F3N6O4. The maximum Gasteiger partial charge on any atom is 0.303 e. The Morgan fingerprint density at radius 3 is 2.87 bits per heavy atom. The maximum absolute atomic E-state index is 15.8. The molecule has 6 aromatic rings. The van der Waals surface area contributed by atoms with E-state index in [9.17, 15) is 4.79 Å². The fraction of sp³-hybridized carbons (Fsp3) is 0.235. The zero-order valence-electron chi connectivity index (χ0n) is 25.0. The number of H-pyrrole nitrogens is 2. The fourth-order valence-corrected chi connectivity index (χ4v) is 6.00. The van der Waals surface area contributed by atoms with Crippen molar-refractivity contribution in [2.24, 2.45) is 0 Å². The molecule has 3 aromatic heterocycles. The second kappa shape index (κ2) is 12.8. The largest absolute Gasteiger partial charge is 0.481 e. The van der Waals surface area contributed by atoms with Crippen molar-refractivity contribution in [3.8, 4) is 22.9 Å². The van der Waals surface area contributed by atoms with Gasteiger partial charge in [-0.15, -0.1) is 5.10 Å². The van der Waals surface area contributed by atoms with E-state index in [0.29, 0.717) is 53.0 Å². The fourth-order valence-electron chi connectivity index (χ4n) is 6.00. The lowest BCUT2D eigenvalue weighted by molar-refractivity contribution is -0.136. The molecule has 0 aliphatic carbocycles. The van der Waals surface area contributed by atoms with Crippen LogP contribution in [0.2, 0.25) is 0 Å². The van der Waals surface area contributed by atoms with Crippen LogP contribution in [0, 0.1) is 17.5 Å². The number of nitrogens with zero attached hydrogens (tertiary/aromatic N) is 4. The number of rotatable bonds is 4. The quantitative estimate of drug-likeness (QED) is 0.191. The minimum absolute atomic E-state index is 0.0388. The maximum atomic E-state index is 15.8. The predicted molar refractivity (Wildman–Crippen MR) is 165 cm³/mol. The zero-order chi connectivity index (χ0) is 32.5. The Labute approximate surface area is 266 Å². The molecule has 4 heterocycles. The number of hydrogen-bond acceptors (Lipinski definition) is 6. The molecule has 7 rings (SSSR count). The highest BCUT2D eigenvalue weighted by Crippen LogP contribution is 2.38. The average Bonchev–Trinajstić information content (AvgIpc) is 3.82. The van der Waals surface area contributed by atoms with Crippen LogP contribution in [0.3, 0.4) is 0 Å². The molecule has 13 heteroatoms. The summed E-state index contributed by atoms with van der Waals surface area (Å²) in [4.78, 5) is 21.8. The molecule has 1 unspecified atom stereocenters. The molecule has 0 spiro atoms. The molecule has 0 saturated carbocycles. The molecule has 3 N–H and O–H groups in total. The summed E-state index contributed by atoms with van der Waals surface area (Å²) in [7, 11) is 0. The molecule has 10 nitrogen and oxygen atoms in total. The number of carbonyl (C=O) groups is 1. The topological polar surface area (TPSA) is 131 Å². The molecule has 0 fully saturated rings. The third-order valence-electron chi connectivity index (χ3n) is 8.28. The van der Waals surface area contributed by atoms with E-state index in [1.54, 1.807) is 35.3 Å². The lowest BCUT2D eigenvalue weighted by Crippen LogP contribution is -2.09. The number of ether oxygens (including phenoxy) is 2. The third-order valence-corrected chi connectivity index (χ3v) is 8.28. The molecular weight excluding hydrogens is 613 g/mol. The number of aromatic nitrogens is 6. The number of aromatic amines is 2. The van der Waals surface area contributed by atoms with Crippen LogP contribution in [0.5, 0.6) is 11.5 Å². The van der Waals surface area contributed by atoms with Crippen molar-refractivity contribution in [3.63, 3.8) is 0 Å². The number of aryl methyl sites for hydroxylation is 1. The van der Waals surface area contributed by atoms with Gasteiger partial charge in [0.05, 0.1) is 24.9 Å². The Bertz CT molecular complexity index is 2090. The molecule has 47 heavy (non-hydrogen) atoms. The average molecular weight is 643 g/mol. The molecule has 0 radical (unpaired) electrons. The molecule has 3 aromatic carbocycles. The third kappa shape index (κ3) is 6.21. The minimum atomic E-state index is -1.02. The van der Waals surface area contributed by atoms with Crippen molar-refractivity contribution >= 4 is 16.9 Å². The number of fused-ring (bicyclic) bond motifs is 10. The van der Waals surface area contributed by atoms with Gasteiger partial charge in [0.25, 0.3) is 0 Å². The number of benzene rings is 3. The number of imidazole rings is 1. The molecule has 6 bridgehead atoms. The smallest absolute Gasteiger partial charge is 0.303 e. The van der Waals surface area contributed by atoms with Crippen LogP contribution < -0.4 is 4.74 Å². The highest BCUT2D eigenvalue weighted by atomic mass is 19.1. The van der Waals surface area contributed by atoms with E-state index in [1.165, 1.54) is 30.5 Å². The van der Waals surface area contributed by atoms with Crippen molar-refractivity contribution in [2.75, 3.05) is 6.61 Å². The normalized spacial score (nSPS) is 15.3. The number of hydrogen-bond donors (Lipinski definition) is 3. The SMILES string of the molecule is O=C(O)CCc1cccc(C2CCCOCc3cn(nn3)Cc3c(c(F)cc4[nH]ccc34)Oc3ccc(F)c(c3)-c3ncc2[nH]3)c1F. The summed E-state index contributed by atoms with van der Waals surface area (Å²) in [6.07, 6.45) is 5.75. The summed E-state index contributed by atoms with van der Waals surface area (Å²) in [6, 6.07) is 12.1. The standard InChI is InChI=1S/C34H29F3N6O4/c35-27-8-7-21-13-25(27)34-39-15-30(40-34)22(24-4-1-3-19(32(24)37)6-9-31(44)45)5-2-12-46-18-20-16-43(42-41-20)17-26-23-10-11-38-29(23)14-28(36)33(26)47-21/h1,3-4,7-8,10-11,13-16,22,38H,2,5-6,9,12,17-18H2,(H,39,40)(H,44,45). The van der Waals surface area contributed by atoms with Crippen LogP contribution in [0.1, 0.15) is 53.3 Å². The van der Waals surface area contributed by atoms with Gasteiger partial charge >= 0.3 is 5.97 Å². The van der Waals surface area contributed by atoms with Crippen LogP contribution in [0.25, 0.3) is 22.3 Å². The van der Waals surface area contributed by atoms with Crippen LogP contribution in [0.15, 0.2) is 67.1 Å². The van der Waals surface area contributed by atoms with Crippen molar-refractivity contribution < 1.29 is 32.5 Å². The first-order chi connectivity index (χ1) is 22.8. The van der Waals surface area contributed by atoms with Gasteiger partial charge in [-0.2, -0.15) is 0 Å². The monoisotopic (exact) mass is 642 g/mol. The zero-order valence-corrected chi connectivity index (χ0v) is 25.0. The van der Waals surface area contributed by atoms with E-state index in [4.69, 9.17) is 14.6 Å². The summed E-state index contributed by atoms with van der Waals surface area (Å²) in [5, 5.41) is 18.3. The number of carboxylic acid groups (broad SMARTS) is 1. The van der Waals surface area contributed by atoms with E-state index in [1.807, 2.05) is 6.07 Å². The number of nitrogens with one attached hydrogen (secondary N) is 2. The van der Waals surface area contributed by atoms with Gasteiger partial charge in [-0.1, -0.05) is 23.4 Å². The summed E-state index contributed by atoms with van der Waals surface area (Å²) in [5.41, 5.74) is 2.92. The van der Waals surface area contributed by atoms with Gasteiger partial charge in [-0.3, -0.25) is 4.79 Å². The van der Waals surface area contributed by atoms with E-state index in [2.05, 4.69) is 25.3 Å². The minimum Gasteiger partial charge on any atom is -0.481 e. The van der Waals surface area contributed by atoms with Gasteiger partial charge in [-0.05, 0) is 54.7 Å². The van der Waals surface area contributed by atoms with Crippen molar-refractivity contribution in [3.05, 3.63) is 113 Å². The van der Waals surface area contributed by atoms with Gasteiger partial charge in [0.1, 0.15) is 28.9 Å². The van der Waals surface area contributed by atoms with Crippen molar-refractivity contribution in [1.29, 1.82) is 0 Å². The van der Waals surface area contributed by atoms with Gasteiger partial charge in [0.15, 0.2) is 11.6 Å². The van der Waals surface area contributed by atoms with Crippen LogP contribution in [-0.2, 0) is 29.1 Å². The second-order valence-electron chi connectivity index (χ2n) is 11.4. The van der Waals surface area contributed by atoms with Crippen LogP contribution in [-0.4, -0.2) is 47.6 Å². The van der Waals surface area contributed by atoms with E-state index >= 15 is 13.2 Å². The van der Waals surface area contributed by atoms with Gasteiger partial charge in [0, 0.05) is 59.6 Å². The van der Waals surface area contributed by atoms with Gasteiger partial charge in [0.2, 0.25) is 0 Å². The summed E-state index contributed by atoms with van der Waals surface area (Å²) in [6.45, 7) is 0.644. The molecule has 0 saturated heterocycles. The Balaban J connectivity index is 1.30. The highest BCUT2D eigenvalue weighted by Gasteiger charge is 2.24. The van der Waals surface area contributed by atoms with E-state index in [-0.39, 0.29) is 48.9 Å². The van der Waals surface area contributed by atoms with E-state index < -0.39 is 29.3 Å². The Morgan fingerprint density at radius 1 is 1.11 bits per heavy atom. The van der Waals surface area contributed by atoms with E-state index in [0.717, 1.165) is 5.39 Å². The Hall–Kier alpha value is -5.43. The summed E-state index contributed by atoms with van der Waals surface area (Å²) < 4.78 is 60.3. The molecule has 1 atom stereocenters. The number of halogens is 3. The Morgan fingerprint density at radius 2 is 2.00 bits per heavy atom. The lowest BCUT2D eigenvalue weighted by Gasteiger charge is -2.18. The molecule has 240 valence electrons. The van der Waals surface area contributed by atoms with Crippen molar-refractivity contribution in [1.82, 2.24) is 29.9 Å². The molecule has 1 aliphatic heterocycles. The predicted octanol–water partition coefficient (Wildman–Crippen LogP) is 6.87. The van der Waals surface area contributed by atoms with Gasteiger partial charge in [-0.25, -0.2) is 22.8 Å². The van der Waals surface area contributed by atoms with Crippen molar-refractivity contribution in [2.45, 2.75) is 44.8 Å². The second-order valence-corrected chi connectivity index (χ2v) is 11.4. The number of carboxylic acids is 1. The van der Waals surface area contributed by atoms with Gasteiger partial charge < -0.3 is 24.5 Å². The summed E-state index contributed by atoms with van der Waals surface area (Å²) >= 11 is 0. The molecule has 0 amide bonds. The first-order valence-corrected chi connectivity index (χ1v) is 15.1. The summed E-state index contributed by atoms with van der Waals surface area (Å²) in [5.74, 6) is -2.94. The first-order valence-electron chi connectivity index (χ1n) is 15.1. The van der Waals surface area contributed by atoms with Crippen LogP contribution >= 0.6 is 0 Å². The lowest BCUT2D eigenvalue weighted by atomic mass is 9.89. The number of aliphatic carboxylic acids is 1. The first kappa shape index (κ1) is 30.2. The van der Waals surface area contributed by atoms with Crippen LogP contribution in [0.4, 0.5) is 13.2 Å². The molecule has 1 aliphatic rings. The highest BCUT2D eigenvalue weighted by molar-refractivity contribution is 5.85. The Kier molecular flexibility index (Phi) is 8.21.